The quantitative estimate of drug-likeness (QED) is 0.421. The first kappa shape index (κ1) is 26.0. The van der Waals surface area contributed by atoms with Crippen molar-refractivity contribution < 1.29 is 28.7 Å². The number of esters is 2. The standard InChI is InChI=1S/C36H32N2O6/c39-29-25-5-1-3-7-27(25)35(43-29)17-19-37(21-35)31(41)33(13-14-33)23-9-11-24(12-10-23)34(15-16-34)32(42)38-20-18-36(22-38)28-8-4-2-6-26(28)30(40)44-36/h1-12H,13-22H2. The summed E-state index contributed by atoms with van der Waals surface area (Å²) in [6.45, 7) is 1.86. The molecule has 6 aliphatic rings. The van der Waals surface area contributed by atoms with E-state index in [1.54, 1.807) is 12.1 Å². The van der Waals surface area contributed by atoms with E-state index in [1.165, 1.54) is 0 Å². The number of nitrogens with zero attached hydrogens (tertiary/aromatic N) is 2. The van der Waals surface area contributed by atoms with Crippen LogP contribution in [-0.4, -0.2) is 59.7 Å². The third-order valence-corrected chi connectivity index (χ3v) is 11.2. The Kier molecular flexibility index (Phi) is 5.07. The van der Waals surface area contributed by atoms with E-state index in [-0.39, 0.29) is 23.8 Å². The van der Waals surface area contributed by atoms with Gasteiger partial charge in [-0.1, -0.05) is 60.7 Å². The minimum atomic E-state index is -0.755. The number of carbonyl (C=O) groups is 4. The lowest BCUT2D eigenvalue weighted by Crippen LogP contribution is -2.41. The molecule has 9 rings (SSSR count). The molecule has 0 radical (unpaired) electrons. The minimum Gasteiger partial charge on any atom is -0.449 e. The van der Waals surface area contributed by atoms with Gasteiger partial charge >= 0.3 is 11.9 Å². The predicted molar refractivity (Wildman–Crippen MR) is 158 cm³/mol. The minimum absolute atomic E-state index is 0.0912. The average molecular weight is 589 g/mol. The average Bonchev–Trinajstić information content (AvgIpc) is 3.91. The first-order valence-corrected chi connectivity index (χ1v) is 15.6. The number of hydrogen-bond acceptors (Lipinski definition) is 6. The molecular weight excluding hydrogens is 556 g/mol. The van der Waals surface area contributed by atoms with E-state index < -0.39 is 22.0 Å². The number of amides is 2. The van der Waals surface area contributed by atoms with Gasteiger partial charge in [-0.25, -0.2) is 9.59 Å². The number of ether oxygens (including phenoxy) is 2. The molecule has 2 unspecified atom stereocenters. The van der Waals surface area contributed by atoms with Crippen molar-refractivity contribution in [3.8, 4) is 0 Å². The van der Waals surface area contributed by atoms with Crippen molar-refractivity contribution in [2.75, 3.05) is 26.2 Å². The van der Waals surface area contributed by atoms with Crippen LogP contribution in [0, 0.1) is 0 Å². The highest BCUT2D eigenvalue weighted by Gasteiger charge is 2.60. The summed E-state index contributed by atoms with van der Waals surface area (Å²) in [4.78, 5) is 56.8. The largest absolute Gasteiger partial charge is 0.449 e. The lowest BCUT2D eigenvalue weighted by molar-refractivity contribution is -0.134. The second kappa shape index (κ2) is 8.58. The molecule has 2 spiro atoms. The Balaban J connectivity index is 0.919. The molecule has 8 nitrogen and oxygen atoms in total. The summed E-state index contributed by atoms with van der Waals surface area (Å²) < 4.78 is 11.8. The maximum absolute atomic E-state index is 14.0. The van der Waals surface area contributed by atoms with Gasteiger partial charge < -0.3 is 19.3 Å². The molecule has 2 saturated carbocycles. The summed E-state index contributed by atoms with van der Waals surface area (Å²) in [6, 6.07) is 23.1. The fourth-order valence-corrected chi connectivity index (χ4v) is 8.42. The molecule has 2 saturated heterocycles. The molecule has 4 aliphatic heterocycles. The van der Waals surface area contributed by atoms with Crippen LogP contribution in [0.15, 0.2) is 72.8 Å². The fourth-order valence-electron chi connectivity index (χ4n) is 8.42. The van der Waals surface area contributed by atoms with Crippen molar-refractivity contribution in [3.63, 3.8) is 0 Å². The molecule has 2 atom stereocenters. The fraction of sp³-hybridized carbons (Fsp3) is 0.389. The molecule has 0 bridgehead atoms. The number of likely N-dealkylation sites (tertiary alicyclic amines) is 2. The van der Waals surface area contributed by atoms with Crippen LogP contribution in [0.2, 0.25) is 0 Å². The molecule has 3 aromatic carbocycles. The van der Waals surface area contributed by atoms with E-state index in [2.05, 4.69) is 0 Å². The zero-order chi connectivity index (χ0) is 29.9. The second-order valence-corrected chi connectivity index (χ2v) is 13.6. The van der Waals surface area contributed by atoms with Crippen LogP contribution in [0.1, 0.15) is 81.5 Å². The number of rotatable bonds is 4. The lowest BCUT2D eigenvalue weighted by atomic mass is 9.88. The Hall–Kier alpha value is -4.46. The zero-order valence-electron chi connectivity index (χ0n) is 24.3. The molecule has 44 heavy (non-hydrogen) atoms. The van der Waals surface area contributed by atoms with Gasteiger partial charge in [-0.2, -0.15) is 0 Å². The summed E-state index contributed by atoms with van der Waals surface area (Å²) >= 11 is 0. The van der Waals surface area contributed by atoms with Crippen LogP contribution >= 0.6 is 0 Å². The van der Waals surface area contributed by atoms with Gasteiger partial charge in [0.2, 0.25) is 11.8 Å². The molecule has 2 amide bonds. The Morgan fingerprint density at radius 1 is 0.545 bits per heavy atom. The molecule has 4 fully saturated rings. The van der Waals surface area contributed by atoms with Crippen molar-refractivity contribution in [2.24, 2.45) is 0 Å². The van der Waals surface area contributed by atoms with Gasteiger partial charge in [0.15, 0.2) is 11.2 Å². The van der Waals surface area contributed by atoms with E-state index in [1.807, 2.05) is 70.5 Å². The number of benzene rings is 3. The molecule has 0 aromatic heterocycles. The van der Waals surface area contributed by atoms with Crippen molar-refractivity contribution in [1.29, 1.82) is 0 Å². The first-order valence-electron chi connectivity index (χ1n) is 15.6. The molecule has 4 heterocycles. The van der Waals surface area contributed by atoms with Crippen molar-refractivity contribution in [2.45, 2.75) is 60.6 Å². The number of hydrogen-bond donors (Lipinski definition) is 0. The number of fused-ring (bicyclic) bond motifs is 4. The molecule has 8 heteroatoms. The Morgan fingerprint density at radius 2 is 0.932 bits per heavy atom. The summed E-state index contributed by atoms with van der Waals surface area (Å²) in [7, 11) is 0. The van der Waals surface area contributed by atoms with Gasteiger partial charge in [-0.3, -0.25) is 9.59 Å². The third-order valence-electron chi connectivity index (χ3n) is 11.2. The van der Waals surface area contributed by atoms with Crippen molar-refractivity contribution in [1.82, 2.24) is 9.80 Å². The van der Waals surface area contributed by atoms with E-state index in [4.69, 9.17) is 9.47 Å². The maximum Gasteiger partial charge on any atom is 0.339 e. The topological polar surface area (TPSA) is 93.2 Å². The highest BCUT2D eigenvalue weighted by Crippen LogP contribution is 2.55. The van der Waals surface area contributed by atoms with Crippen molar-refractivity contribution >= 4 is 23.8 Å². The van der Waals surface area contributed by atoms with Gasteiger partial charge in [0, 0.05) is 37.1 Å². The zero-order valence-corrected chi connectivity index (χ0v) is 24.3. The van der Waals surface area contributed by atoms with Gasteiger partial charge in [-0.05, 0) is 48.9 Å². The van der Waals surface area contributed by atoms with Gasteiger partial charge in [0.05, 0.1) is 35.0 Å². The lowest BCUT2D eigenvalue weighted by Gasteiger charge is -2.28. The second-order valence-electron chi connectivity index (χ2n) is 13.6. The van der Waals surface area contributed by atoms with Crippen LogP contribution in [-0.2, 0) is 41.1 Å². The smallest absolute Gasteiger partial charge is 0.339 e. The summed E-state index contributed by atoms with van der Waals surface area (Å²) in [5, 5.41) is 0. The maximum atomic E-state index is 14.0. The Morgan fingerprint density at radius 3 is 1.32 bits per heavy atom. The summed E-state index contributed by atoms with van der Waals surface area (Å²) in [6.07, 6.45) is 4.33. The van der Waals surface area contributed by atoms with Crippen LogP contribution in [0.5, 0.6) is 0 Å². The molecule has 222 valence electrons. The van der Waals surface area contributed by atoms with E-state index in [9.17, 15) is 19.2 Å². The molecule has 0 N–H and O–H groups in total. The van der Waals surface area contributed by atoms with Crippen LogP contribution in [0.25, 0.3) is 0 Å². The predicted octanol–water partition coefficient (Wildman–Crippen LogP) is 4.35. The molecule has 3 aromatic rings. The normalized spacial score (nSPS) is 28.2. The van der Waals surface area contributed by atoms with E-state index in [0.29, 0.717) is 50.1 Å². The highest BCUT2D eigenvalue weighted by molar-refractivity contribution is 5.97. The van der Waals surface area contributed by atoms with E-state index >= 15 is 0 Å². The molecular formula is C36H32N2O6. The van der Waals surface area contributed by atoms with Crippen LogP contribution < -0.4 is 0 Å². The Bertz CT molecular complexity index is 1660. The Labute approximate surface area is 254 Å². The third kappa shape index (κ3) is 3.39. The van der Waals surface area contributed by atoms with Gasteiger partial charge in [0.25, 0.3) is 0 Å². The number of carbonyl (C=O) groups excluding carboxylic acids is 4. The summed E-state index contributed by atoms with van der Waals surface area (Å²) in [5.74, 6) is -0.441. The van der Waals surface area contributed by atoms with Gasteiger partial charge in [0.1, 0.15) is 0 Å². The van der Waals surface area contributed by atoms with Crippen LogP contribution in [0.3, 0.4) is 0 Å². The van der Waals surface area contributed by atoms with Crippen LogP contribution in [0.4, 0.5) is 0 Å². The first-order chi connectivity index (χ1) is 21.3. The molecule has 2 aliphatic carbocycles. The summed E-state index contributed by atoms with van der Waals surface area (Å²) in [5.41, 5.74) is 2.29. The highest BCUT2D eigenvalue weighted by atomic mass is 16.6. The SMILES string of the molecule is O=C1OC2(CCN(C(=O)C3(c4ccc(C5(C(=O)N6CCC7(C6)OC(=O)c6ccccc67)CC5)cc4)CC3)C2)c2ccccc21. The van der Waals surface area contributed by atoms with E-state index in [0.717, 1.165) is 47.9 Å². The monoisotopic (exact) mass is 588 g/mol. The van der Waals surface area contributed by atoms with Crippen molar-refractivity contribution in [3.05, 3.63) is 106 Å². The van der Waals surface area contributed by atoms with Gasteiger partial charge in [-0.15, -0.1) is 0 Å².